The zero-order valence-electron chi connectivity index (χ0n) is 3.98. The second kappa shape index (κ2) is 85.5. The van der Waals surface area contributed by atoms with Crippen LogP contribution < -0.4 is 0 Å². The van der Waals surface area contributed by atoms with E-state index < -0.39 is 0 Å². The molecule has 7 heteroatoms. The third-order valence-electron chi connectivity index (χ3n) is 0. The summed E-state index contributed by atoms with van der Waals surface area (Å²) in [4.78, 5) is 0. The van der Waals surface area contributed by atoms with Gasteiger partial charge in [-0.15, -0.1) is 0 Å². The van der Waals surface area contributed by atoms with Gasteiger partial charge in [0.15, 0.2) is 0 Å². The van der Waals surface area contributed by atoms with Crippen LogP contribution in [0.3, 0.4) is 0 Å². The predicted octanol–water partition coefficient (Wildman–Crippen LogP) is -2.53. The summed E-state index contributed by atoms with van der Waals surface area (Å²) in [5.41, 5.74) is 0. The van der Waals surface area contributed by atoms with E-state index in [1.165, 1.54) is 0 Å². The molecule has 0 aliphatic rings. The van der Waals surface area contributed by atoms with E-state index in [0.29, 0.717) is 0 Å². The monoisotopic (exact) mass is 179 g/mol. The maximum Gasteiger partial charge on any atom is 0 e. The van der Waals surface area contributed by atoms with Crippen LogP contribution in [0.15, 0.2) is 0 Å². The topological polar surface area (TPSA) is 61.5 Å². The maximum absolute atomic E-state index is 0. The van der Waals surface area contributed by atoms with E-state index in [-0.39, 0.29) is 94.3 Å². The first-order valence-corrected chi connectivity index (χ1v) is 0. The van der Waals surface area contributed by atoms with E-state index >= 15 is 0 Å². The quantitative estimate of drug-likeness (QED) is 0.378. The van der Waals surface area contributed by atoms with Crippen LogP contribution in [-0.2, 0) is 17.1 Å². The summed E-state index contributed by atoms with van der Waals surface area (Å²) in [6, 6.07) is 0. The van der Waals surface area contributed by atoms with Crippen molar-refractivity contribution in [1.82, 2.24) is 0 Å². The van der Waals surface area contributed by atoms with Gasteiger partial charge in [0.05, 0.1) is 0 Å². The fourth-order valence-corrected chi connectivity index (χ4v) is 0. The molecule has 0 aromatic carbocycles. The van der Waals surface area contributed by atoms with E-state index in [0.717, 1.165) is 0 Å². The summed E-state index contributed by atoms with van der Waals surface area (Å²) in [5, 5.41) is 0. The summed E-state index contributed by atoms with van der Waals surface area (Å²) in [5.74, 6) is 0. The Morgan fingerprint density at radius 2 is 1.00 bits per heavy atom. The van der Waals surface area contributed by atoms with Crippen molar-refractivity contribution >= 4 is 66.3 Å². The summed E-state index contributed by atoms with van der Waals surface area (Å²) >= 11 is 0. The molecule has 0 aliphatic carbocycles. The van der Waals surface area contributed by atoms with Crippen LogP contribution in [0.5, 0.6) is 0 Å². The molecule has 0 aliphatic heterocycles. The molecule has 0 aromatic rings. The Balaban J connectivity index is 0. The molecular weight excluding hydrogens is 176 g/mol. The largest absolute Gasteiger partial charge is 0.870 e. The SMILES string of the molecule is O.[Al].[B].[Mn].[Na].[OH-].[Si]. The van der Waals surface area contributed by atoms with Gasteiger partial charge < -0.3 is 11.0 Å². The first-order chi connectivity index (χ1) is 0. The normalized spacial score (nSPS) is 0. The van der Waals surface area contributed by atoms with E-state index in [4.69, 9.17) is 0 Å². The zero-order chi connectivity index (χ0) is 0. The fourth-order valence-electron chi connectivity index (χ4n) is 0. The molecular formula is H3AlBMnNaO2Si-. The molecule has 0 fully saturated rings. The van der Waals surface area contributed by atoms with Crippen molar-refractivity contribution < 1.29 is 28.0 Å². The van der Waals surface area contributed by atoms with Crippen LogP contribution in [-0.4, -0.2) is 77.2 Å². The third-order valence-corrected chi connectivity index (χ3v) is 0. The van der Waals surface area contributed by atoms with Crippen molar-refractivity contribution in [1.29, 1.82) is 0 Å². The summed E-state index contributed by atoms with van der Waals surface area (Å²) < 4.78 is 0. The molecule has 0 spiro atoms. The van der Waals surface area contributed by atoms with E-state index in [1.807, 2.05) is 0 Å². The van der Waals surface area contributed by atoms with Gasteiger partial charge in [0, 0.05) is 83.4 Å². The van der Waals surface area contributed by atoms with Crippen molar-refractivity contribution in [3.63, 3.8) is 0 Å². The molecule has 0 bridgehead atoms. The van der Waals surface area contributed by atoms with Crippen molar-refractivity contribution in [2.24, 2.45) is 0 Å². The minimum absolute atomic E-state index is 0. The zero-order valence-corrected chi connectivity index (χ0v) is 9.32. The summed E-state index contributed by atoms with van der Waals surface area (Å²) in [6.07, 6.45) is 0. The molecule has 0 saturated heterocycles. The van der Waals surface area contributed by atoms with Crippen LogP contribution in [0.25, 0.3) is 0 Å². The first-order valence-electron chi connectivity index (χ1n) is 0. The van der Waals surface area contributed by atoms with Gasteiger partial charge in [-0.1, -0.05) is 0 Å². The standard InChI is InChI=1S/Al.B.Mn.Na.2H2O.Si/h;;;;2*1H2;/p-1. The van der Waals surface area contributed by atoms with Crippen molar-refractivity contribution in [2.75, 3.05) is 0 Å². The molecule has 34 valence electrons. The predicted molar refractivity (Wildman–Crippen MR) is 28.6 cm³/mol. The Kier molecular flexibility index (Phi) is 1520. The van der Waals surface area contributed by atoms with Gasteiger partial charge in [-0.2, -0.15) is 0 Å². The van der Waals surface area contributed by atoms with Crippen LogP contribution >= 0.6 is 0 Å². The molecule has 0 atom stereocenters. The molecule has 12 radical (unpaired) electrons. The van der Waals surface area contributed by atoms with Crippen LogP contribution in [0.2, 0.25) is 0 Å². The Morgan fingerprint density at radius 1 is 1.00 bits per heavy atom. The molecule has 7 heavy (non-hydrogen) atoms. The van der Waals surface area contributed by atoms with Gasteiger partial charge in [-0.3, -0.25) is 0 Å². The van der Waals surface area contributed by atoms with Gasteiger partial charge in [-0.25, -0.2) is 0 Å². The summed E-state index contributed by atoms with van der Waals surface area (Å²) in [7, 11) is 0. The van der Waals surface area contributed by atoms with Crippen molar-refractivity contribution in [3.8, 4) is 0 Å². The Labute approximate surface area is 93.3 Å². The Morgan fingerprint density at radius 3 is 1.00 bits per heavy atom. The van der Waals surface area contributed by atoms with Gasteiger partial charge in [0.2, 0.25) is 0 Å². The number of hydrogen-bond donors (Lipinski definition) is 0. The van der Waals surface area contributed by atoms with Crippen LogP contribution in [0.1, 0.15) is 0 Å². The molecule has 0 amide bonds. The smallest absolute Gasteiger partial charge is 0 e. The van der Waals surface area contributed by atoms with Crippen molar-refractivity contribution in [2.45, 2.75) is 0 Å². The Hall–Kier alpha value is 2.25. The van der Waals surface area contributed by atoms with Gasteiger partial charge >= 0.3 is 0 Å². The average Bonchev–Trinajstić information content (AvgIpc) is 0. The van der Waals surface area contributed by atoms with Gasteiger partial charge in [0.25, 0.3) is 0 Å². The summed E-state index contributed by atoms with van der Waals surface area (Å²) in [6.45, 7) is 0. The second-order valence-electron chi connectivity index (χ2n) is 0. The second-order valence-corrected chi connectivity index (χ2v) is 0. The third kappa shape index (κ3) is 63.6. The number of rotatable bonds is 0. The molecule has 0 rings (SSSR count). The molecule has 0 heterocycles. The maximum atomic E-state index is 0. The first kappa shape index (κ1) is 124. The van der Waals surface area contributed by atoms with Gasteiger partial charge in [-0.05, 0) is 0 Å². The minimum atomic E-state index is 0. The molecule has 2 nitrogen and oxygen atoms in total. The van der Waals surface area contributed by atoms with Crippen LogP contribution in [0, 0.1) is 0 Å². The molecule has 3 N–H and O–H groups in total. The average molecular weight is 179 g/mol. The number of hydrogen-bond acceptors (Lipinski definition) is 1. The van der Waals surface area contributed by atoms with E-state index in [2.05, 4.69) is 0 Å². The minimum Gasteiger partial charge on any atom is -0.870 e. The van der Waals surface area contributed by atoms with Gasteiger partial charge in [0.1, 0.15) is 0 Å². The molecule has 0 saturated carbocycles. The van der Waals surface area contributed by atoms with Crippen molar-refractivity contribution in [3.05, 3.63) is 0 Å². The van der Waals surface area contributed by atoms with E-state index in [1.54, 1.807) is 0 Å². The van der Waals surface area contributed by atoms with E-state index in [9.17, 15) is 0 Å². The molecule has 0 aromatic heterocycles. The molecule has 0 unspecified atom stereocenters. The Bertz CT molecular complexity index is 17.7. The van der Waals surface area contributed by atoms with Crippen LogP contribution in [0.4, 0.5) is 0 Å². The fraction of sp³-hybridized carbons (Fsp3) is 0.